The van der Waals surface area contributed by atoms with Crippen molar-refractivity contribution in [3.8, 4) is 0 Å². The highest BCUT2D eigenvalue weighted by Gasteiger charge is 2.38. The first-order valence-corrected chi connectivity index (χ1v) is 14.2. The summed E-state index contributed by atoms with van der Waals surface area (Å²) in [4.78, 5) is 53.5. The molecule has 10 heteroatoms. The number of aromatic nitrogens is 1. The highest BCUT2D eigenvalue weighted by Crippen LogP contribution is 2.27. The Morgan fingerprint density at radius 3 is 2.50 bits per heavy atom. The van der Waals surface area contributed by atoms with E-state index in [4.69, 9.17) is 9.84 Å². The molecule has 222 valence electrons. The number of carbonyl (C=O) groups excluding carboxylic acids is 3. The number of rotatable bonds is 11. The number of carbonyl (C=O) groups is 4. The van der Waals surface area contributed by atoms with Crippen LogP contribution < -0.4 is 16.0 Å². The van der Waals surface area contributed by atoms with E-state index in [-0.39, 0.29) is 25.0 Å². The number of para-hydroxylation sites is 1. The fraction of sp³-hybridized carbons (Fsp3) is 0.375. The fourth-order valence-electron chi connectivity index (χ4n) is 5.38. The van der Waals surface area contributed by atoms with Crippen molar-refractivity contribution in [3.05, 3.63) is 84.1 Å². The third-order valence-corrected chi connectivity index (χ3v) is 7.75. The molecule has 1 aromatic heterocycles. The smallest absolute Gasteiger partial charge is 0.408 e. The van der Waals surface area contributed by atoms with Crippen LogP contribution in [-0.2, 0) is 25.5 Å². The molecule has 2 aromatic carbocycles. The average Bonchev–Trinajstić information content (AvgIpc) is 3.37. The van der Waals surface area contributed by atoms with Gasteiger partial charge in [0.1, 0.15) is 11.6 Å². The average molecular weight is 575 g/mol. The van der Waals surface area contributed by atoms with Gasteiger partial charge in [0.25, 0.3) is 0 Å². The number of amides is 3. The summed E-state index contributed by atoms with van der Waals surface area (Å²) in [6, 6.07) is 16.1. The topological polar surface area (TPSA) is 150 Å². The molecular weight excluding hydrogens is 536 g/mol. The molecule has 3 aromatic rings. The number of fused-ring (bicyclic) bond motifs is 1. The first kappa shape index (κ1) is 30.4. The maximum atomic E-state index is 13.9. The van der Waals surface area contributed by atoms with Crippen LogP contribution in [0.25, 0.3) is 10.9 Å². The van der Waals surface area contributed by atoms with Crippen molar-refractivity contribution >= 4 is 34.8 Å². The second-order valence-electron chi connectivity index (χ2n) is 11.1. The van der Waals surface area contributed by atoms with E-state index in [1.807, 2.05) is 36.5 Å². The third-order valence-electron chi connectivity index (χ3n) is 7.75. The fourth-order valence-corrected chi connectivity index (χ4v) is 5.38. The monoisotopic (exact) mass is 574 g/mol. The molecule has 1 fully saturated rings. The lowest BCUT2D eigenvalue weighted by molar-refractivity contribution is -0.131. The molecule has 0 bridgehead atoms. The van der Waals surface area contributed by atoms with Crippen molar-refractivity contribution in [2.45, 2.75) is 63.6 Å². The molecule has 1 heterocycles. The molecule has 5 N–H and O–H groups in total. The van der Waals surface area contributed by atoms with Crippen molar-refractivity contribution in [1.29, 1.82) is 0 Å². The zero-order chi connectivity index (χ0) is 30.1. The molecule has 42 heavy (non-hydrogen) atoms. The Kier molecular flexibility index (Phi) is 10.0. The number of alkyl carbamates (subject to hydrolysis) is 1. The quantitative estimate of drug-likeness (QED) is 0.215. The number of nitrogens with one attached hydrogen (secondary N) is 4. The largest absolute Gasteiger partial charge is 0.478 e. The van der Waals surface area contributed by atoms with Crippen LogP contribution in [0.1, 0.15) is 56.7 Å². The second kappa shape index (κ2) is 13.8. The van der Waals surface area contributed by atoms with Crippen LogP contribution in [0.15, 0.2) is 72.9 Å². The lowest BCUT2D eigenvalue weighted by atomic mass is 9.88. The Hall–Kier alpha value is -4.60. The first-order chi connectivity index (χ1) is 20.1. The van der Waals surface area contributed by atoms with Crippen LogP contribution in [0.2, 0.25) is 0 Å². The highest BCUT2D eigenvalue weighted by atomic mass is 16.6. The summed E-state index contributed by atoms with van der Waals surface area (Å²) in [5.41, 5.74) is 1.08. The zero-order valence-electron chi connectivity index (χ0n) is 23.9. The number of hydrogen-bond acceptors (Lipinski definition) is 5. The lowest BCUT2D eigenvalue weighted by Gasteiger charge is -2.33. The Bertz CT molecular complexity index is 1440. The molecule has 1 aliphatic rings. The van der Waals surface area contributed by atoms with Crippen LogP contribution in [0.3, 0.4) is 0 Å². The summed E-state index contributed by atoms with van der Waals surface area (Å²) in [5.74, 6) is -2.09. The van der Waals surface area contributed by atoms with Crippen molar-refractivity contribution < 1.29 is 29.0 Å². The Balaban J connectivity index is 1.54. The normalized spacial score (nSPS) is 19.0. The van der Waals surface area contributed by atoms with Gasteiger partial charge in [-0.25, -0.2) is 9.59 Å². The molecule has 10 nitrogen and oxygen atoms in total. The third kappa shape index (κ3) is 7.99. The first-order valence-electron chi connectivity index (χ1n) is 14.2. The lowest BCUT2D eigenvalue weighted by Crippen LogP contribution is -2.59. The minimum absolute atomic E-state index is 0.00460. The van der Waals surface area contributed by atoms with Crippen molar-refractivity contribution in [1.82, 2.24) is 20.9 Å². The van der Waals surface area contributed by atoms with Gasteiger partial charge in [-0.05, 0) is 49.3 Å². The van der Waals surface area contributed by atoms with E-state index in [0.29, 0.717) is 5.56 Å². The van der Waals surface area contributed by atoms with E-state index in [9.17, 15) is 19.2 Å². The minimum Gasteiger partial charge on any atom is -0.478 e. The van der Waals surface area contributed by atoms with E-state index in [1.165, 1.54) is 0 Å². The van der Waals surface area contributed by atoms with Crippen LogP contribution in [-0.4, -0.2) is 52.2 Å². The highest BCUT2D eigenvalue weighted by molar-refractivity contribution is 5.94. The molecule has 4 rings (SSSR count). The van der Waals surface area contributed by atoms with Gasteiger partial charge in [-0.3, -0.25) is 9.59 Å². The molecule has 0 saturated heterocycles. The van der Waals surface area contributed by atoms with Crippen molar-refractivity contribution in [2.24, 2.45) is 5.92 Å². The molecule has 1 saturated carbocycles. The Morgan fingerprint density at radius 2 is 1.76 bits per heavy atom. The SMILES string of the molecule is CC1CCCC[C@@H]1OC(=O)N[C@](C)(Cc1c[nH]c2ccccc12)C(=O)NC[C@@H](NC(=O)C=CC(=O)O)c1ccccc1. The van der Waals surface area contributed by atoms with Crippen molar-refractivity contribution in [2.75, 3.05) is 6.54 Å². The maximum absolute atomic E-state index is 13.9. The number of H-pyrrole nitrogens is 1. The van der Waals surface area contributed by atoms with Gasteiger partial charge in [0.05, 0.1) is 6.04 Å². The van der Waals surface area contributed by atoms with E-state index in [0.717, 1.165) is 54.3 Å². The molecule has 0 radical (unpaired) electrons. The van der Waals surface area contributed by atoms with E-state index in [1.54, 1.807) is 31.2 Å². The van der Waals surface area contributed by atoms with Gasteiger partial charge in [-0.2, -0.15) is 0 Å². The van der Waals surface area contributed by atoms with E-state index >= 15 is 0 Å². The van der Waals surface area contributed by atoms with Crippen LogP contribution in [0.4, 0.5) is 4.79 Å². The predicted octanol–water partition coefficient (Wildman–Crippen LogP) is 4.39. The van der Waals surface area contributed by atoms with Gasteiger partial charge in [0.2, 0.25) is 11.8 Å². The van der Waals surface area contributed by atoms with Crippen LogP contribution in [0.5, 0.6) is 0 Å². The van der Waals surface area contributed by atoms with Gasteiger partial charge in [-0.15, -0.1) is 0 Å². The van der Waals surface area contributed by atoms with Crippen LogP contribution >= 0.6 is 0 Å². The summed E-state index contributed by atoms with van der Waals surface area (Å²) in [5, 5.41) is 18.3. The number of aliphatic carboxylic acids is 1. The van der Waals surface area contributed by atoms with Gasteiger partial charge in [0.15, 0.2) is 0 Å². The number of hydrogen-bond donors (Lipinski definition) is 5. The summed E-state index contributed by atoms with van der Waals surface area (Å²) in [6.07, 6.45) is 6.68. The number of carboxylic acid groups (broad SMARTS) is 1. The van der Waals surface area contributed by atoms with Crippen molar-refractivity contribution in [3.63, 3.8) is 0 Å². The Morgan fingerprint density at radius 1 is 1.05 bits per heavy atom. The number of benzene rings is 2. The van der Waals surface area contributed by atoms with Gasteiger partial charge < -0.3 is 30.8 Å². The summed E-state index contributed by atoms with van der Waals surface area (Å²) >= 11 is 0. The number of ether oxygens (including phenoxy) is 1. The number of carboxylic acids is 1. The van der Waals surface area contributed by atoms with E-state index < -0.39 is 35.5 Å². The standard InChI is InChI=1S/C32H38N4O6/c1-21-10-6-9-15-27(21)42-31(41)36-32(2,18-23-19-33-25-14-8-7-13-24(23)25)30(40)34-20-26(22-11-4-3-5-12-22)35-28(37)16-17-29(38)39/h3-5,7-8,11-14,16-17,19,21,26-27,33H,6,9-10,15,18,20H2,1-2H3,(H,34,40)(H,35,37)(H,36,41)(H,38,39)/t21?,26-,27+,32-/m1/s1. The Labute approximate surface area is 244 Å². The van der Waals surface area contributed by atoms with Crippen LogP contribution in [0, 0.1) is 5.92 Å². The van der Waals surface area contributed by atoms with E-state index in [2.05, 4.69) is 27.9 Å². The second-order valence-corrected chi connectivity index (χ2v) is 11.1. The molecule has 1 unspecified atom stereocenters. The maximum Gasteiger partial charge on any atom is 0.408 e. The zero-order valence-corrected chi connectivity index (χ0v) is 23.9. The molecule has 0 aliphatic heterocycles. The molecule has 3 amide bonds. The summed E-state index contributed by atoms with van der Waals surface area (Å²) in [6.45, 7) is 3.72. The summed E-state index contributed by atoms with van der Waals surface area (Å²) < 4.78 is 5.80. The minimum atomic E-state index is -1.39. The van der Waals surface area contributed by atoms with Gasteiger partial charge in [0, 0.05) is 42.2 Å². The number of aromatic amines is 1. The predicted molar refractivity (Wildman–Crippen MR) is 159 cm³/mol. The molecule has 1 aliphatic carbocycles. The van der Waals surface area contributed by atoms with Gasteiger partial charge >= 0.3 is 12.1 Å². The summed E-state index contributed by atoms with van der Waals surface area (Å²) in [7, 11) is 0. The molecule has 4 atom stereocenters. The molecular formula is C32H38N4O6. The molecule has 0 spiro atoms. The van der Waals surface area contributed by atoms with Gasteiger partial charge in [-0.1, -0.05) is 61.9 Å².